The van der Waals surface area contributed by atoms with Crippen LogP contribution in [0.1, 0.15) is 44.7 Å². The number of rotatable bonds is 5. The Balaban J connectivity index is 1.67. The van der Waals surface area contributed by atoms with Gasteiger partial charge in [-0.3, -0.25) is 4.79 Å². The zero-order valence-electron chi connectivity index (χ0n) is 14.2. The Hall–Kier alpha value is -2.82. The van der Waals surface area contributed by atoms with Crippen LogP contribution >= 0.6 is 0 Å². The summed E-state index contributed by atoms with van der Waals surface area (Å²) in [7, 11) is 1.35. The van der Waals surface area contributed by atoms with Crippen molar-refractivity contribution in [2.45, 2.75) is 25.7 Å². The van der Waals surface area contributed by atoms with Gasteiger partial charge in [-0.05, 0) is 66.8 Å². The summed E-state index contributed by atoms with van der Waals surface area (Å²) in [5, 5.41) is 13.5. The number of esters is 1. The number of nitrogens with one attached hydrogen (secondary N) is 1. The number of phenols is 1. The number of hydrogen-bond donors (Lipinski definition) is 2. The van der Waals surface area contributed by atoms with Gasteiger partial charge in [0.15, 0.2) is 5.78 Å². The lowest BCUT2D eigenvalue weighted by atomic mass is 9.86. The fraction of sp³-hybridized carbons (Fsp3) is 0.300. The summed E-state index contributed by atoms with van der Waals surface area (Å²) >= 11 is 0. The van der Waals surface area contributed by atoms with E-state index in [-0.39, 0.29) is 17.5 Å². The molecule has 0 atom stereocenters. The van der Waals surface area contributed by atoms with Crippen molar-refractivity contribution in [3.05, 3.63) is 58.7 Å². The van der Waals surface area contributed by atoms with Crippen molar-refractivity contribution >= 4 is 17.4 Å². The van der Waals surface area contributed by atoms with E-state index in [1.165, 1.54) is 7.11 Å². The molecule has 0 unspecified atom stereocenters. The molecule has 0 amide bonds. The highest BCUT2D eigenvalue weighted by Gasteiger charge is 2.21. The Morgan fingerprint density at radius 2 is 1.92 bits per heavy atom. The number of Topliss-reactive ketones (excluding diaryl/α,β-unsaturated/α-hetero) is 1. The molecule has 5 heteroatoms. The topological polar surface area (TPSA) is 75.6 Å². The van der Waals surface area contributed by atoms with Crippen LogP contribution in [0.15, 0.2) is 36.4 Å². The Morgan fingerprint density at radius 3 is 2.64 bits per heavy atom. The summed E-state index contributed by atoms with van der Waals surface area (Å²) in [4.78, 5) is 23.4. The molecular formula is C20H21NO4. The minimum atomic E-state index is -0.364. The number of ketones is 1. The first-order valence-corrected chi connectivity index (χ1v) is 8.39. The Labute approximate surface area is 146 Å². The largest absolute Gasteiger partial charge is 0.508 e. The predicted molar refractivity (Wildman–Crippen MR) is 95.4 cm³/mol. The van der Waals surface area contributed by atoms with Gasteiger partial charge >= 0.3 is 5.97 Å². The highest BCUT2D eigenvalue weighted by molar-refractivity contribution is 5.99. The summed E-state index contributed by atoms with van der Waals surface area (Å²) in [6.45, 7) is 0.621. The van der Waals surface area contributed by atoms with Crippen LogP contribution in [0.25, 0.3) is 0 Å². The van der Waals surface area contributed by atoms with Crippen molar-refractivity contribution < 1.29 is 19.4 Å². The highest BCUT2D eigenvalue weighted by Crippen LogP contribution is 2.30. The summed E-state index contributed by atoms with van der Waals surface area (Å²) in [6, 6.07) is 10.4. The van der Waals surface area contributed by atoms with Gasteiger partial charge < -0.3 is 15.2 Å². The van der Waals surface area contributed by atoms with E-state index in [1.54, 1.807) is 24.3 Å². The standard InChI is InChI=1S/C20H21NO4/c1-25-20(24)13-5-7-14(8-6-13)21-12-11-17-15-3-2-4-18(22)16(15)9-10-19(17)23/h5-10,21,23H,2-4,11-12H2,1H3. The van der Waals surface area contributed by atoms with Crippen molar-refractivity contribution in [3.8, 4) is 5.75 Å². The smallest absolute Gasteiger partial charge is 0.337 e. The monoisotopic (exact) mass is 339 g/mol. The maximum atomic E-state index is 12.0. The van der Waals surface area contributed by atoms with Crippen molar-refractivity contribution in [1.29, 1.82) is 0 Å². The molecule has 0 saturated carbocycles. The molecular weight excluding hydrogens is 318 g/mol. The maximum absolute atomic E-state index is 12.0. The molecule has 1 aliphatic carbocycles. The predicted octanol–water partition coefficient (Wildman–Crippen LogP) is 3.35. The minimum Gasteiger partial charge on any atom is -0.508 e. The molecule has 3 rings (SSSR count). The van der Waals surface area contributed by atoms with Gasteiger partial charge in [-0.25, -0.2) is 4.79 Å². The average molecular weight is 339 g/mol. The van der Waals surface area contributed by atoms with Gasteiger partial charge in [-0.15, -0.1) is 0 Å². The number of fused-ring (bicyclic) bond motifs is 1. The molecule has 0 fully saturated rings. The Kier molecular flexibility index (Phi) is 5.03. The second kappa shape index (κ2) is 7.38. The van der Waals surface area contributed by atoms with E-state index < -0.39 is 0 Å². The summed E-state index contributed by atoms with van der Waals surface area (Å²) in [5.41, 5.74) is 3.97. The first-order valence-electron chi connectivity index (χ1n) is 8.39. The van der Waals surface area contributed by atoms with E-state index in [4.69, 9.17) is 0 Å². The van der Waals surface area contributed by atoms with Crippen molar-refractivity contribution in [2.24, 2.45) is 0 Å². The molecule has 0 aliphatic heterocycles. The number of benzene rings is 2. The van der Waals surface area contributed by atoms with Crippen LogP contribution < -0.4 is 5.32 Å². The number of phenolic OH excluding ortho intramolecular Hbond substituents is 1. The van der Waals surface area contributed by atoms with Crippen LogP contribution in [0.4, 0.5) is 5.69 Å². The van der Waals surface area contributed by atoms with E-state index in [2.05, 4.69) is 10.1 Å². The van der Waals surface area contributed by atoms with E-state index in [9.17, 15) is 14.7 Å². The number of methoxy groups -OCH3 is 1. The number of anilines is 1. The Bertz CT molecular complexity index is 796. The number of ether oxygens (including phenoxy) is 1. The lowest BCUT2D eigenvalue weighted by Crippen LogP contribution is -2.15. The molecule has 0 bridgehead atoms. The van der Waals surface area contributed by atoms with Crippen molar-refractivity contribution in [3.63, 3.8) is 0 Å². The SMILES string of the molecule is COC(=O)c1ccc(NCCc2c(O)ccc3c2CCCC3=O)cc1. The quantitative estimate of drug-likeness (QED) is 0.817. The van der Waals surface area contributed by atoms with Gasteiger partial charge in [0.1, 0.15) is 5.75 Å². The number of aromatic hydroxyl groups is 1. The highest BCUT2D eigenvalue weighted by atomic mass is 16.5. The third-order valence-corrected chi connectivity index (χ3v) is 4.55. The fourth-order valence-corrected chi connectivity index (χ4v) is 3.24. The molecule has 2 aromatic rings. The first-order chi connectivity index (χ1) is 12.1. The lowest BCUT2D eigenvalue weighted by Gasteiger charge is -2.20. The maximum Gasteiger partial charge on any atom is 0.337 e. The van der Waals surface area contributed by atoms with Crippen LogP contribution in [0, 0.1) is 0 Å². The molecule has 0 spiro atoms. The zero-order chi connectivity index (χ0) is 17.8. The van der Waals surface area contributed by atoms with Crippen molar-refractivity contribution in [2.75, 3.05) is 19.0 Å². The number of carbonyl (C=O) groups excluding carboxylic acids is 2. The van der Waals surface area contributed by atoms with Crippen LogP contribution in [0.3, 0.4) is 0 Å². The summed E-state index contributed by atoms with van der Waals surface area (Å²) < 4.78 is 4.68. The van der Waals surface area contributed by atoms with E-state index >= 15 is 0 Å². The van der Waals surface area contributed by atoms with E-state index in [1.807, 2.05) is 12.1 Å². The summed E-state index contributed by atoms with van der Waals surface area (Å²) in [6.07, 6.45) is 2.88. The summed E-state index contributed by atoms with van der Waals surface area (Å²) in [5.74, 6) is 0.0437. The Morgan fingerprint density at radius 1 is 1.16 bits per heavy atom. The molecule has 130 valence electrons. The number of hydrogen-bond acceptors (Lipinski definition) is 5. The number of carbonyl (C=O) groups is 2. The molecule has 0 aromatic heterocycles. The van der Waals surface area contributed by atoms with Gasteiger partial charge in [0.2, 0.25) is 0 Å². The van der Waals surface area contributed by atoms with Gasteiger partial charge in [0.05, 0.1) is 12.7 Å². The van der Waals surface area contributed by atoms with Gasteiger partial charge in [-0.1, -0.05) is 0 Å². The normalized spacial score (nSPS) is 13.2. The fourth-order valence-electron chi connectivity index (χ4n) is 3.24. The third kappa shape index (κ3) is 3.65. The molecule has 0 radical (unpaired) electrons. The van der Waals surface area contributed by atoms with Crippen LogP contribution in [0.2, 0.25) is 0 Å². The third-order valence-electron chi connectivity index (χ3n) is 4.55. The van der Waals surface area contributed by atoms with Crippen molar-refractivity contribution in [1.82, 2.24) is 0 Å². The molecule has 2 aromatic carbocycles. The zero-order valence-corrected chi connectivity index (χ0v) is 14.2. The molecule has 0 heterocycles. The molecule has 5 nitrogen and oxygen atoms in total. The molecule has 1 aliphatic rings. The lowest BCUT2D eigenvalue weighted by molar-refractivity contribution is 0.0600. The molecule has 0 saturated heterocycles. The van der Waals surface area contributed by atoms with Crippen LogP contribution in [-0.2, 0) is 17.6 Å². The van der Waals surface area contributed by atoms with Crippen LogP contribution in [0.5, 0.6) is 5.75 Å². The van der Waals surface area contributed by atoms with Gasteiger partial charge in [-0.2, -0.15) is 0 Å². The van der Waals surface area contributed by atoms with E-state index in [0.29, 0.717) is 24.9 Å². The minimum absolute atomic E-state index is 0.161. The second-order valence-corrected chi connectivity index (χ2v) is 6.11. The average Bonchev–Trinajstić information content (AvgIpc) is 2.63. The molecule has 25 heavy (non-hydrogen) atoms. The first kappa shape index (κ1) is 17.0. The second-order valence-electron chi connectivity index (χ2n) is 6.11. The molecule has 2 N–H and O–H groups in total. The van der Waals surface area contributed by atoms with Crippen LogP contribution in [-0.4, -0.2) is 30.5 Å². The van der Waals surface area contributed by atoms with Gasteiger partial charge in [0, 0.05) is 24.2 Å². The van der Waals surface area contributed by atoms with Gasteiger partial charge in [0.25, 0.3) is 0 Å². The van der Waals surface area contributed by atoms with E-state index in [0.717, 1.165) is 35.2 Å².